The van der Waals surface area contributed by atoms with Crippen LogP contribution in [-0.2, 0) is 10.0 Å². The molecule has 0 aliphatic rings. The summed E-state index contributed by atoms with van der Waals surface area (Å²) in [7, 11) is -3.95. The van der Waals surface area contributed by atoms with Crippen molar-refractivity contribution >= 4 is 32.4 Å². The summed E-state index contributed by atoms with van der Waals surface area (Å²) in [5, 5.41) is 0.747. The zero-order valence-electron chi connectivity index (χ0n) is 18.1. The topological polar surface area (TPSA) is 120 Å². The lowest BCUT2D eigenvalue weighted by molar-refractivity contribution is 0.466. The number of nitrogens with two attached hydrogens (primary N) is 1. The number of halogens is 2. The van der Waals surface area contributed by atoms with Gasteiger partial charge in [-0.2, -0.15) is 0 Å². The summed E-state index contributed by atoms with van der Waals surface area (Å²) in [6.07, 6.45) is 2.88. The van der Waals surface area contributed by atoms with Crippen LogP contribution in [0.25, 0.3) is 22.0 Å². The minimum Gasteiger partial charge on any atom is -0.437 e. The lowest BCUT2D eigenvalue weighted by Crippen LogP contribution is -2.18. The first-order valence-electron chi connectivity index (χ1n) is 10.3. The molecule has 0 aliphatic heterocycles. The number of sulfonamides is 1. The van der Waals surface area contributed by atoms with E-state index in [4.69, 9.17) is 10.5 Å². The van der Waals surface area contributed by atoms with Crippen LogP contribution in [0.3, 0.4) is 0 Å². The van der Waals surface area contributed by atoms with Gasteiger partial charge in [0.05, 0.1) is 29.4 Å². The fraction of sp³-hybridized carbons (Fsp3) is 0.174. The number of pyridine rings is 1. The molecule has 4 aromatic rings. The van der Waals surface area contributed by atoms with Crippen LogP contribution in [0.2, 0.25) is 0 Å². The van der Waals surface area contributed by atoms with E-state index in [1.54, 1.807) is 43.5 Å². The number of aromatic nitrogens is 3. The Balaban J connectivity index is 1.81. The summed E-state index contributed by atoms with van der Waals surface area (Å²) in [6.45, 7) is 1.01. The van der Waals surface area contributed by atoms with Crippen LogP contribution in [0.1, 0.15) is 12.0 Å². The predicted molar refractivity (Wildman–Crippen MR) is 126 cm³/mol. The minimum absolute atomic E-state index is 0.0915. The van der Waals surface area contributed by atoms with Crippen molar-refractivity contribution in [3.05, 3.63) is 66.2 Å². The van der Waals surface area contributed by atoms with Crippen LogP contribution in [0.15, 0.2) is 54.9 Å². The largest absolute Gasteiger partial charge is 0.437 e. The molecule has 0 bridgehead atoms. The van der Waals surface area contributed by atoms with Crippen molar-refractivity contribution < 1.29 is 21.9 Å². The first-order valence-corrected chi connectivity index (χ1v) is 11.9. The number of nitrogens with zero attached hydrogens (tertiary/aromatic N) is 3. The number of benzene rings is 2. The van der Waals surface area contributed by atoms with Crippen molar-refractivity contribution in [3.63, 3.8) is 0 Å². The van der Waals surface area contributed by atoms with Crippen molar-refractivity contribution in [2.45, 2.75) is 13.3 Å². The molecule has 4 rings (SSSR count). The van der Waals surface area contributed by atoms with Gasteiger partial charge in [-0.15, -0.1) is 0 Å². The fourth-order valence-electron chi connectivity index (χ4n) is 3.44. The molecule has 2 aromatic heterocycles. The second-order valence-electron chi connectivity index (χ2n) is 7.45. The van der Waals surface area contributed by atoms with Crippen LogP contribution < -0.4 is 15.2 Å². The average molecular weight is 486 g/mol. The van der Waals surface area contributed by atoms with Gasteiger partial charge in [-0.05, 0) is 49.2 Å². The van der Waals surface area contributed by atoms with Gasteiger partial charge in [0.15, 0.2) is 0 Å². The second-order valence-corrected chi connectivity index (χ2v) is 9.29. The first-order chi connectivity index (χ1) is 16.3. The lowest BCUT2D eigenvalue weighted by atomic mass is 10.0. The number of aryl methyl sites for hydroxylation is 1. The zero-order chi connectivity index (χ0) is 24.3. The SMILES string of the molecule is Cc1ccc2c(NS(=O)(=O)CCCF)c(F)ccc2c1Oc1ncccc1-c1ccnc(N)n1. The Labute approximate surface area is 194 Å². The molecule has 2 heterocycles. The summed E-state index contributed by atoms with van der Waals surface area (Å²) < 4.78 is 60.2. The Bertz CT molecular complexity index is 1460. The Morgan fingerprint density at radius 2 is 1.85 bits per heavy atom. The normalized spacial score (nSPS) is 11.5. The molecule has 2 aromatic carbocycles. The minimum atomic E-state index is -3.95. The molecule has 0 saturated heterocycles. The molecule has 0 spiro atoms. The van der Waals surface area contributed by atoms with Crippen LogP contribution in [0.5, 0.6) is 11.6 Å². The van der Waals surface area contributed by atoms with Gasteiger partial charge in [0.2, 0.25) is 21.9 Å². The van der Waals surface area contributed by atoms with Gasteiger partial charge in [0.1, 0.15) is 11.6 Å². The van der Waals surface area contributed by atoms with Crippen molar-refractivity contribution in [1.29, 1.82) is 0 Å². The highest BCUT2D eigenvalue weighted by molar-refractivity contribution is 7.92. The Morgan fingerprint density at radius 3 is 2.62 bits per heavy atom. The average Bonchev–Trinajstić information content (AvgIpc) is 2.81. The highest BCUT2D eigenvalue weighted by Gasteiger charge is 2.20. The van der Waals surface area contributed by atoms with E-state index in [9.17, 15) is 17.2 Å². The maximum Gasteiger partial charge on any atom is 0.232 e. The quantitative estimate of drug-likeness (QED) is 0.374. The van der Waals surface area contributed by atoms with Gasteiger partial charge in [-0.3, -0.25) is 9.11 Å². The third kappa shape index (κ3) is 4.88. The molecule has 176 valence electrons. The van der Waals surface area contributed by atoms with Gasteiger partial charge < -0.3 is 10.5 Å². The third-order valence-corrected chi connectivity index (χ3v) is 6.36. The van der Waals surface area contributed by atoms with Gasteiger partial charge in [0.25, 0.3) is 0 Å². The van der Waals surface area contributed by atoms with E-state index in [2.05, 4.69) is 19.7 Å². The number of hydrogen-bond acceptors (Lipinski definition) is 7. The van der Waals surface area contributed by atoms with E-state index in [1.165, 1.54) is 12.3 Å². The molecule has 0 fully saturated rings. The fourth-order valence-corrected chi connectivity index (χ4v) is 4.55. The number of nitrogen functional groups attached to an aromatic ring is 1. The van der Waals surface area contributed by atoms with E-state index in [-0.39, 0.29) is 29.3 Å². The van der Waals surface area contributed by atoms with Crippen molar-refractivity contribution in [1.82, 2.24) is 15.0 Å². The van der Waals surface area contributed by atoms with Crippen LogP contribution in [0.4, 0.5) is 20.4 Å². The molecule has 0 unspecified atom stereocenters. The Morgan fingerprint density at radius 1 is 1.06 bits per heavy atom. The zero-order valence-corrected chi connectivity index (χ0v) is 18.9. The van der Waals surface area contributed by atoms with Gasteiger partial charge >= 0.3 is 0 Å². The monoisotopic (exact) mass is 485 g/mol. The number of alkyl halides is 1. The van der Waals surface area contributed by atoms with Gasteiger partial charge in [0, 0.05) is 23.2 Å². The molecule has 3 N–H and O–H groups in total. The van der Waals surface area contributed by atoms with Gasteiger partial charge in [-0.25, -0.2) is 27.8 Å². The van der Waals surface area contributed by atoms with Crippen molar-refractivity contribution in [3.8, 4) is 22.9 Å². The highest BCUT2D eigenvalue weighted by Crippen LogP contribution is 2.39. The number of nitrogens with one attached hydrogen (secondary N) is 1. The maximum atomic E-state index is 14.7. The van der Waals surface area contributed by atoms with Crippen LogP contribution in [0, 0.1) is 12.7 Å². The third-order valence-electron chi connectivity index (χ3n) is 5.02. The molecule has 0 amide bonds. The van der Waals surface area contributed by atoms with E-state index in [0.717, 1.165) is 6.07 Å². The summed E-state index contributed by atoms with van der Waals surface area (Å²) in [6, 6.07) is 11.1. The summed E-state index contributed by atoms with van der Waals surface area (Å²) in [4.78, 5) is 12.4. The summed E-state index contributed by atoms with van der Waals surface area (Å²) in [5.41, 5.74) is 7.25. The molecular weight excluding hydrogens is 464 g/mol. The Kier molecular flexibility index (Phi) is 6.55. The molecular formula is C23H21F2N5O3S. The van der Waals surface area contributed by atoms with Crippen molar-refractivity contribution in [2.24, 2.45) is 0 Å². The number of ether oxygens (including phenoxy) is 1. The highest BCUT2D eigenvalue weighted by atomic mass is 32.2. The molecule has 11 heteroatoms. The number of anilines is 2. The molecule has 0 saturated carbocycles. The standard InChI is InChI=1S/C23H21F2N5O3S/c1-14-5-6-15-16(7-8-18(25)20(15)30-34(31,32)13-3-10-24)21(14)33-22-17(4-2-11-27-22)19-9-12-28-23(26)29-19/h2,4-9,11-12,30H,3,10,13H2,1H3,(H2,26,28,29). The maximum absolute atomic E-state index is 14.7. The lowest BCUT2D eigenvalue weighted by Gasteiger charge is -2.16. The van der Waals surface area contributed by atoms with E-state index in [1.807, 2.05) is 0 Å². The summed E-state index contributed by atoms with van der Waals surface area (Å²) >= 11 is 0. The van der Waals surface area contributed by atoms with Gasteiger partial charge in [-0.1, -0.05) is 12.1 Å². The van der Waals surface area contributed by atoms with E-state index in [0.29, 0.717) is 28.0 Å². The molecule has 8 nitrogen and oxygen atoms in total. The Hall–Kier alpha value is -3.86. The molecule has 34 heavy (non-hydrogen) atoms. The number of rotatable bonds is 8. The number of fused-ring (bicyclic) bond motifs is 1. The first kappa shape index (κ1) is 23.3. The van der Waals surface area contributed by atoms with E-state index >= 15 is 0 Å². The molecule has 0 radical (unpaired) electrons. The van der Waals surface area contributed by atoms with Crippen molar-refractivity contribution in [2.75, 3.05) is 22.9 Å². The molecule has 0 atom stereocenters. The smallest absolute Gasteiger partial charge is 0.232 e. The molecule has 0 aliphatic carbocycles. The van der Waals surface area contributed by atoms with Crippen LogP contribution >= 0.6 is 0 Å². The predicted octanol–water partition coefficient (Wildman–Crippen LogP) is 4.62. The number of hydrogen-bond donors (Lipinski definition) is 2. The second kappa shape index (κ2) is 9.56. The summed E-state index contributed by atoms with van der Waals surface area (Å²) in [5.74, 6) is -0.544. The van der Waals surface area contributed by atoms with E-state index < -0.39 is 28.3 Å². The van der Waals surface area contributed by atoms with Crippen LogP contribution in [-0.4, -0.2) is 35.8 Å².